The molecule has 1 unspecified atom stereocenters. The number of aromatic nitrogens is 1. The molecule has 1 heterocycles. The summed E-state index contributed by atoms with van der Waals surface area (Å²) in [5.74, 6) is -0.0573. The summed E-state index contributed by atoms with van der Waals surface area (Å²) in [5, 5.41) is 0. The Morgan fingerprint density at radius 3 is 2.32 bits per heavy atom. The van der Waals surface area contributed by atoms with Gasteiger partial charge in [0.05, 0.1) is 0 Å². The number of nitrogens with two attached hydrogens (primary N) is 1. The largest absolute Gasteiger partial charge is 0.337 e. The summed E-state index contributed by atoms with van der Waals surface area (Å²) in [4.78, 5) is 18.3. The van der Waals surface area contributed by atoms with Crippen LogP contribution in [0.2, 0.25) is 0 Å². The van der Waals surface area contributed by atoms with E-state index in [4.69, 9.17) is 5.73 Å². The van der Waals surface area contributed by atoms with Gasteiger partial charge >= 0.3 is 0 Å². The molecule has 1 atom stereocenters. The summed E-state index contributed by atoms with van der Waals surface area (Å²) < 4.78 is 0. The topological polar surface area (TPSA) is 59.2 Å². The van der Waals surface area contributed by atoms with Crippen LogP contribution >= 0.6 is 12.4 Å². The van der Waals surface area contributed by atoms with Crippen LogP contribution in [0.4, 0.5) is 0 Å². The zero-order valence-corrected chi connectivity index (χ0v) is 13.7. The molecule has 0 fully saturated rings. The van der Waals surface area contributed by atoms with Crippen molar-refractivity contribution in [3.05, 3.63) is 65.5 Å². The van der Waals surface area contributed by atoms with Crippen molar-refractivity contribution in [3.8, 4) is 0 Å². The van der Waals surface area contributed by atoms with Gasteiger partial charge < -0.3 is 10.6 Å². The Balaban J connectivity index is 0.00000242. The van der Waals surface area contributed by atoms with Gasteiger partial charge in [-0.1, -0.05) is 29.8 Å². The highest BCUT2D eigenvalue weighted by molar-refractivity contribution is 5.85. The van der Waals surface area contributed by atoms with E-state index in [2.05, 4.69) is 4.98 Å². The fourth-order valence-corrected chi connectivity index (χ4v) is 2.17. The lowest BCUT2D eigenvalue weighted by Gasteiger charge is -2.24. The number of pyridine rings is 1. The van der Waals surface area contributed by atoms with Crippen molar-refractivity contribution in [1.82, 2.24) is 9.88 Å². The predicted octanol–water partition coefficient (Wildman–Crippen LogP) is 2.86. The molecule has 22 heavy (non-hydrogen) atoms. The third-order valence-electron chi connectivity index (χ3n) is 3.52. The number of amides is 1. The summed E-state index contributed by atoms with van der Waals surface area (Å²) in [6.07, 6.45) is 3.46. The number of rotatable bonds is 5. The number of hydrogen-bond acceptors (Lipinski definition) is 3. The summed E-state index contributed by atoms with van der Waals surface area (Å²) in [6.45, 7) is 5.15. The Kier molecular flexibility index (Phi) is 7.02. The second-order valence-corrected chi connectivity index (χ2v) is 5.10. The number of likely N-dealkylation sites (N-methyl/N-ethyl adjacent to an activating group) is 1. The van der Waals surface area contributed by atoms with Crippen molar-refractivity contribution >= 4 is 18.3 Å². The first-order valence-electron chi connectivity index (χ1n) is 7.11. The zero-order chi connectivity index (χ0) is 15.2. The third-order valence-corrected chi connectivity index (χ3v) is 3.52. The molecule has 2 aromatic rings. The normalized spacial score (nSPS) is 11.4. The van der Waals surface area contributed by atoms with E-state index in [9.17, 15) is 4.79 Å². The second kappa shape index (κ2) is 8.51. The molecule has 0 bridgehead atoms. The van der Waals surface area contributed by atoms with E-state index in [0.717, 1.165) is 16.7 Å². The van der Waals surface area contributed by atoms with E-state index in [0.29, 0.717) is 13.1 Å². The van der Waals surface area contributed by atoms with Gasteiger partial charge in [0.25, 0.3) is 0 Å². The van der Waals surface area contributed by atoms with Gasteiger partial charge in [-0.05, 0) is 37.1 Å². The van der Waals surface area contributed by atoms with Crippen molar-refractivity contribution in [3.63, 3.8) is 0 Å². The van der Waals surface area contributed by atoms with Crippen molar-refractivity contribution < 1.29 is 4.79 Å². The molecule has 4 nitrogen and oxygen atoms in total. The molecule has 0 saturated carbocycles. The minimum Gasteiger partial charge on any atom is -0.337 e. The average Bonchev–Trinajstić information content (AvgIpc) is 2.53. The summed E-state index contributed by atoms with van der Waals surface area (Å²) in [6, 6.07) is 11.0. The highest BCUT2D eigenvalue weighted by Gasteiger charge is 2.21. The van der Waals surface area contributed by atoms with Crippen LogP contribution < -0.4 is 5.73 Å². The summed E-state index contributed by atoms with van der Waals surface area (Å²) in [7, 11) is 0. The number of carbonyl (C=O) groups excluding carboxylic acids is 1. The van der Waals surface area contributed by atoms with E-state index in [1.54, 1.807) is 17.3 Å². The van der Waals surface area contributed by atoms with Gasteiger partial charge in [-0.15, -0.1) is 12.4 Å². The van der Waals surface area contributed by atoms with Crippen LogP contribution in [0.3, 0.4) is 0 Å². The molecule has 5 heteroatoms. The van der Waals surface area contributed by atoms with Crippen LogP contribution in [0, 0.1) is 6.92 Å². The van der Waals surface area contributed by atoms with E-state index in [1.807, 2.05) is 50.2 Å². The molecule has 0 saturated heterocycles. The first-order valence-corrected chi connectivity index (χ1v) is 7.11. The molecule has 1 aromatic heterocycles. The van der Waals surface area contributed by atoms with E-state index < -0.39 is 6.04 Å². The number of carbonyl (C=O) groups is 1. The van der Waals surface area contributed by atoms with E-state index >= 15 is 0 Å². The molecule has 1 aromatic carbocycles. The van der Waals surface area contributed by atoms with Gasteiger partial charge in [-0.3, -0.25) is 9.78 Å². The van der Waals surface area contributed by atoms with Crippen molar-refractivity contribution in [1.29, 1.82) is 0 Å². The molecular formula is C17H22ClN3O. The Hall–Kier alpha value is -1.91. The Labute approximate surface area is 137 Å². The maximum Gasteiger partial charge on any atom is 0.244 e. The molecule has 0 aliphatic rings. The smallest absolute Gasteiger partial charge is 0.244 e. The first kappa shape index (κ1) is 18.1. The van der Waals surface area contributed by atoms with Crippen LogP contribution in [0.25, 0.3) is 0 Å². The van der Waals surface area contributed by atoms with Gasteiger partial charge in [0.2, 0.25) is 5.91 Å². The molecule has 1 amide bonds. The predicted molar refractivity (Wildman–Crippen MR) is 90.7 cm³/mol. The van der Waals surface area contributed by atoms with Gasteiger partial charge in [-0.2, -0.15) is 0 Å². The van der Waals surface area contributed by atoms with Crippen LogP contribution in [0.5, 0.6) is 0 Å². The zero-order valence-electron chi connectivity index (χ0n) is 12.9. The summed E-state index contributed by atoms with van der Waals surface area (Å²) >= 11 is 0. The van der Waals surface area contributed by atoms with Crippen LogP contribution in [-0.4, -0.2) is 22.3 Å². The Morgan fingerprint density at radius 1 is 1.18 bits per heavy atom. The molecule has 0 spiro atoms. The monoisotopic (exact) mass is 319 g/mol. The van der Waals surface area contributed by atoms with Gasteiger partial charge in [0.1, 0.15) is 6.04 Å². The SMILES string of the molecule is CCN(Cc1ccncc1)C(=O)C(N)c1ccc(C)cc1.Cl. The average molecular weight is 320 g/mol. The molecular weight excluding hydrogens is 298 g/mol. The van der Waals surface area contributed by atoms with E-state index in [1.165, 1.54) is 0 Å². The van der Waals surface area contributed by atoms with Gasteiger partial charge in [0, 0.05) is 25.5 Å². The van der Waals surface area contributed by atoms with Crippen molar-refractivity contribution in [2.24, 2.45) is 5.73 Å². The van der Waals surface area contributed by atoms with Gasteiger partial charge in [0.15, 0.2) is 0 Å². The molecule has 0 aliphatic carbocycles. The van der Waals surface area contributed by atoms with Crippen LogP contribution in [-0.2, 0) is 11.3 Å². The molecule has 0 aliphatic heterocycles. The fourth-order valence-electron chi connectivity index (χ4n) is 2.17. The number of hydrogen-bond donors (Lipinski definition) is 1. The number of benzene rings is 1. The third kappa shape index (κ3) is 4.55. The van der Waals surface area contributed by atoms with Gasteiger partial charge in [-0.25, -0.2) is 0 Å². The Morgan fingerprint density at radius 2 is 1.77 bits per heavy atom. The lowest BCUT2D eigenvalue weighted by atomic mass is 10.0. The quantitative estimate of drug-likeness (QED) is 0.922. The molecule has 2 N–H and O–H groups in total. The van der Waals surface area contributed by atoms with Crippen molar-refractivity contribution in [2.75, 3.05) is 6.54 Å². The number of halogens is 1. The minimum absolute atomic E-state index is 0. The molecule has 118 valence electrons. The summed E-state index contributed by atoms with van der Waals surface area (Å²) in [5.41, 5.74) is 9.17. The van der Waals surface area contributed by atoms with Crippen LogP contribution in [0.1, 0.15) is 29.7 Å². The molecule has 2 rings (SSSR count). The standard InChI is InChI=1S/C17H21N3O.ClH/c1-3-20(12-14-8-10-19-11-9-14)17(21)16(18)15-6-4-13(2)5-7-15;/h4-11,16H,3,12,18H2,1-2H3;1H. The lowest BCUT2D eigenvalue weighted by Crippen LogP contribution is -2.38. The Bertz CT molecular complexity index is 587. The minimum atomic E-state index is -0.618. The van der Waals surface area contributed by atoms with E-state index in [-0.39, 0.29) is 18.3 Å². The molecule has 0 radical (unpaired) electrons. The fraction of sp³-hybridized carbons (Fsp3) is 0.294. The highest BCUT2D eigenvalue weighted by Crippen LogP contribution is 2.15. The maximum atomic E-state index is 12.5. The maximum absolute atomic E-state index is 12.5. The number of aryl methyl sites for hydroxylation is 1. The number of nitrogens with zero attached hydrogens (tertiary/aromatic N) is 2. The lowest BCUT2D eigenvalue weighted by molar-refractivity contribution is -0.133. The first-order chi connectivity index (χ1) is 10.1. The highest BCUT2D eigenvalue weighted by atomic mass is 35.5. The van der Waals surface area contributed by atoms with Crippen LogP contribution in [0.15, 0.2) is 48.8 Å². The van der Waals surface area contributed by atoms with Crippen molar-refractivity contribution in [2.45, 2.75) is 26.4 Å². The second-order valence-electron chi connectivity index (χ2n) is 5.10.